The van der Waals surface area contributed by atoms with Crippen molar-refractivity contribution >= 4 is 17.6 Å². The van der Waals surface area contributed by atoms with Gasteiger partial charge in [0.1, 0.15) is 5.76 Å². The number of aryl methyl sites for hydroxylation is 1. The molecule has 6 rings (SSSR count). The molecule has 1 saturated heterocycles. The third-order valence-corrected chi connectivity index (χ3v) is 10.4. The molecule has 6 nitrogen and oxygen atoms in total. The van der Waals surface area contributed by atoms with E-state index < -0.39 is 11.6 Å². The smallest absolute Gasteiger partial charge is 0.340 e. The van der Waals surface area contributed by atoms with E-state index in [9.17, 15) is 15.0 Å². The third-order valence-electron chi connectivity index (χ3n) is 10.2. The van der Waals surface area contributed by atoms with E-state index in [1.54, 1.807) is 6.08 Å². The molecule has 2 fully saturated rings. The molecule has 3 aliphatic heterocycles. The van der Waals surface area contributed by atoms with Gasteiger partial charge in [0.05, 0.1) is 11.5 Å². The maximum Gasteiger partial charge on any atom is 0.340 e. The number of carboxylic acid groups (broad SMARTS) is 1. The summed E-state index contributed by atoms with van der Waals surface area (Å²) >= 11 is 6.43. The van der Waals surface area contributed by atoms with Crippen LogP contribution in [0.2, 0.25) is 5.02 Å². The first-order chi connectivity index (χ1) is 19.8. The molecule has 1 spiro atoms. The van der Waals surface area contributed by atoms with E-state index in [-0.39, 0.29) is 24.0 Å². The quantitative estimate of drug-likeness (QED) is 0.315. The topological polar surface area (TPSA) is 82.5 Å². The first-order valence-electron chi connectivity index (χ1n) is 15.3. The van der Waals surface area contributed by atoms with Crippen LogP contribution in [0.25, 0.3) is 0 Å². The lowest BCUT2D eigenvalue weighted by Gasteiger charge is -2.46. The number of aliphatic carboxylic acids is 1. The van der Waals surface area contributed by atoms with Crippen LogP contribution < -0.4 is 0 Å². The van der Waals surface area contributed by atoms with Crippen molar-refractivity contribution in [3.05, 3.63) is 82.3 Å². The number of fused-ring (bicyclic) bond motifs is 7. The van der Waals surface area contributed by atoms with Gasteiger partial charge in [-0.2, -0.15) is 0 Å². The van der Waals surface area contributed by atoms with Crippen molar-refractivity contribution in [1.82, 2.24) is 4.90 Å². The molecule has 1 saturated carbocycles. The van der Waals surface area contributed by atoms with Crippen LogP contribution in [0.4, 0.5) is 0 Å². The van der Waals surface area contributed by atoms with E-state index in [1.165, 1.54) is 11.1 Å². The average Bonchev–Trinajstić information content (AvgIpc) is 3.73. The molecule has 1 aromatic rings. The summed E-state index contributed by atoms with van der Waals surface area (Å²) in [5.41, 5.74) is 0.800. The predicted molar refractivity (Wildman–Crippen MR) is 160 cm³/mol. The molecule has 6 atom stereocenters. The second-order valence-corrected chi connectivity index (χ2v) is 13.1. The van der Waals surface area contributed by atoms with Crippen molar-refractivity contribution in [2.24, 2.45) is 11.8 Å². The molecule has 5 aliphatic rings. The van der Waals surface area contributed by atoms with Gasteiger partial charge in [0.2, 0.25) is 0 Å². The summed E-state index contributed by atoms with van der Waals surface area (Å²) in [6, 6.07) is 6.28. The summed E-state index contributed by atoms with van der Waals surface area (Å²) in [7, 11) is 1.81. The summed E-state index contributed by atoms with van der Waals surface area (Å²) in [6.45, 7) is 1.58. The Hall–Kier alpha value is -2.54. The monoisotopic (exact) mass is 579 g/mol. The molecule has 1 unspecified atom stereocenters. The lowest BCUT2D eigenvalue weighted by atomic mass is 9.66. The summed E-state index contributed by atoms with van der Waals surface area (Å²) in [6.07, 6.45) is 20.8. The summed E-state index contributed by atoms with van der Waals surface area (Å²) in [5.74, 6) is 0.548. The molecule has 3 heterocycles. The van der Waals surface area contributed by atoms with Crippen LogP contribution in [-0.2, 0) is 26.1 Å². The lowest BCUT2D eigenvalue weighted by molar-refractivity contribution is -0.154. The number of nitrogens with zero attached hydrogens (tertiary/aromatic N) is 1. The largest absolute Gasteiger partial charge is 0.482 e. The van der Waals surface area contributed by atoms with Crippen LogP contribution in [0.1, 0.15) is 68.9 Å². The summed E-state index contributed by atoms with van der Waals surface area (Å²) in [5, 5.41) is 22.5. The number of carboxylic acids is 1. The fraction of sp³-hybridized carbons (Fsp3) is 0.559. The van der Waals surface area contributed by atoms with Crippen LogP contribution in [0, 0.1) is 11.8 Å². The van der Waals surface area contributed by atoms with Crippen LogP contribution in [-0.4, -0.2) is 59.1 Å². The van der Waals surface area contributed by atoms with Crippen molar-refractivity contribution in [1.29, 1.82) is 0 Å². The van der Waals surface area contributed by atoms with Gasteiger partial charge in [0, 0.05) is 25.2 Å². The Morgan fingerprint density at radius 2 is 2.02 bits per heavy atom. The number of rotatable bonds is 2. The molecule has 1 aromatic carbocycles. The number of hydrogen-bond acceptors (Lipinski definition) is 5. The van der Waals surface area contributed by atoms with Crippen molar-refractivity contribution in [3.63, 3.8) is 0 Å². The SMILES string of the molecule is CO[C@H]1/C=C/CCCCC[C@@](O)(C(=O)O)C2=CC=C3OC3[C@]3(CCCc4cc(Cl)ccc43)CN(C=C2)C[C@@H]2CC[C@H]21. The third kappa shape index (κ3) is 5.51. The molecule has 2 bridgehead atoms. The Balaban J connectivity index is 1.43. The molecule has 7 heteroatoms. The van der Waals surface area contributed by atoms with E-state index in [2.05, 4.69) is 29.2 Å². The average molecular weight is 580 g/mol. The number of ether oxygens (including phenoxy) is 2. The van der Waals surface area contributed by atoms with Crippen LogP contribution >= 0.6 is 11.6 Å². The van der Waals surface area contributed by atoms with Gasteiger partial charge in [-0.3, -0.25) is 0 Å². The summed E-state index contributed by atoms with van der Waals surface area (Å²) in [4.78, 5) is 14.9. The van der Waals surface area contributed by atoms with Gasteiger partial charge in [-0.1, -0.05) is 42.3 Å². The Morgan fingerprint density at radius 1 is 1.15 bits per heavy atom. The van der Waals surface area contributed by atoms with E-state index in [0.717, 1.165) is 75.2 Å². The zero-order chi connectivity index (χ0) is 28.6. The van der Waals surface area contributed by atoms with Crippen molar-refractivity contribution in [2.45, 2.75) is 87.4 Å². The fourth-order valence-electron chi connectivity index (χ4n) is 7.72. The second-order valence-electron chi connectivity index (χ2n) is 12.6. The van der Waals surface area contributed by atoms with Crippen molar-refractivity contribution in [3.8, 4) is 0 Å². The van der Waals surface area contributed by atoms with E-state index in [0.29, 0.717) is 23.8 Å². The molecule has 0 radical (unpaired) electrons. The lowest BCUT2D eigenvalue weighted by Crippen LogP contribution is -2.49. The van der Waals surface area contributed by atoms with Crippen LogP contribution in [0.5, 0.6) is 0 Å². The number of carbonyl (C=O) groups is 1. The highest BCUT2D eigenvalue weighted by atomic mass is 35.5. The Morgan fingerprint density at radius 3 is 2.80 bits per heavy atom. The van der Waals surface area contributed by atoms with Gasteiger partial charge < -0.3 is 24.6 Å². The zero-order valence-corrected chi connectivity index (χ0v) is 24.7. The maximum atomic E-state index is 12.5. The number of halogens is 1. The number of epoxide rings is 1. The number of allylic oxidation sites excluding steroid dienone is 3. The van der Waals surface area contributed by atoms with Gasteiger partial charge in [0.25, 0.3) is 0 Å². The fourth-order valence-corrected chi connectivity index (χ4v) is 7.92. The molecular formula is C34H42ClNO5. The zero-order valence-electron chi connectivity index (χ0n) is 23.9. The minimum Gasteiger partial charge on any atom is -0.482 e. The molecule has 0 amide bonds. The highest BCUT2D eigenvalue weighted by molar-refractivity contribution is 6.30. The number of aliphatic hydroxyl groups is 1. The summed E-state index contributed by atoms with van der Waals surface area (Å²) < 4.78 is 12.3. The number of methoxy groups -OCH3 is 1. The van der Waals surface area contributed by atoms with Crippen LogP contribution in [0.15, 0.2) is 66.1 Å². The van der Waals surface area contributed by atoms with Gasteiger partial charge in [0.15, 0.2) is 11.7 Å². The Labute approximate surface area is 248 Å². The van der Waals surface area contributed by atoms with Crippen molar-refractivity contribution in [2.75, 3.05) is 20.2 Å². The normalized spacial score (nSPS) is 36.0. The van der Waals surface area contributed by atoms with Crippen LogP contribution in [0.3, 0.4) is 0 Å². The molecule has 220 valence electrons. The van der Waals surface area contributed by atoms with Gasteiger partial charge in [-0.15, -0.1) is 0 Å². The highest BCUT2D eigenvalue weighted by Crippen LogP contribution is 2.52. The van der Waals surface area contributed by atoms with E-state index in [4.69, 9.17) is 21.1 Å². The van der Waals surface area contributed by atoms with Gasteiger partial charge in [-0.25, -0.2) is 4.79 Å². The maximum absolute atomic E-state index is 12.5. The molecule has 2 aliphatic carbocycles. The Bertz CT molecular complexity index is 1290. The predicted octanol–water partition coefficient (Wildman–Crippen LogP) is 6.33. The molecule has 41 heavy (non-hydrogen) atoms. The highest BCUT2D eigenvalue weighted by Gasteiger charge is 2.55. The molecule has 0 aromatic heterocycles. The molecular weight excluding hydrogens is 538 g/mol. The Kier molecular flexibility index (Phi) is 8.10. The second kappa shape index (κ2) is 11.6. The number of benzene rings is 1. The standard InChI is InChI=1S/C34H42ClNO5/c1-40-29-9-5-3-2-4-6-18-34(39,32(37)38)25-11-15-30-31(41-30)33(17-7-8-23-20-26(35)12-14-28(23)33)22-36(19-16-25)21-24-10-13-27(24)29/h5,9,11-12,14-16,19-20,24,27,29,31,39H,2-4,6-8,10,13,17-18,21-22H2,1H3,(H,37,38)/b9-5+,19-16?,25-11?,30-15?/t24-,27+,29-,31?,33+,34-/m0/s1. The van der Waals surface area contributed by atoms with Gasteiger partial charge >= 0.3 is 5.97 Å². The first kappa shape index (κ1) is 28.6. The molecule has 2 N–H and O–H groups in total. The van der Waals surface area contributed by atoms with Crippen molar-refractivity contribution < 1.29 is 24.5 Å². The van der Waals surface area contributed by atoms with Gasteiger partial charge in [-0.05, 0) is 117 Å². The van der Waals surface area contributed by atoms with E-state index >= 15 is 0 Å². The minimum atomic E-state index is -1.96. The minimum absolute atomic E-state index is 0.0930. The van der Waals surface area contributed by atoms with E-state index in [1.807, 2.05) is 31.5 Å². The number of hydrogen-bond donors (Lipinski definition) is 2. The first-order valence-corrected chi connectivity index (χ1v) is 15.7.